The molecule has 4 aromatic rings. The topological polar surface area (TPSA) is 102 Å². The third kappa shape index (κ3) is 5.82. The highest BCUT2D eigenvalue weighted by atomic mass is 32.2. The Kier molecular flexibility index (Phi) is 8.63. The van der Waals surface area contributed by atoms with Crippen molar-refractivity contribution in [2.75, 3.05) is 19.8 Å². The van der Waals surface area contributed by atoms with E-state index in [0.717, 1.165) is 57.4 Å². The van der Waals surface area contributed by atoms with Crippen LogP contribution in [0, 0.1) is 13.8 Å². The average molecular weight is 580 g/mol. The van der Waals surface area contributed by atoms with E-state index < -0.39 is 10.1 Å². The van der Waals surface area contributed by atoms with Gasteiger partial charge in [-0.3, -0.25) is 8.86 Å². The highest BCUT2D eigenvalue weighted by molar-refractivity contribution is 7.86. The van der Waals surface area contributed by atoms with E-state index >= 15 is 0 Å². The van der Waals surface area contributed by atoms with Gasteiger partial charge in [-0.15, -0.1) is 0 Å². The Bertz CT molecular complexity index is 1670. The normalized spacial score (nSPS) is 14.0. The largest absolute Gasteiger partial charge is 0.461 e. The van der Waals surface area contributed by atoms with Crippen molar-refractivity contribution < 1.29 is 26.9 Å². The second-order valence-electron chi connectivity index (χ2n) is 10.4. The lowest BCUT2D eigenvalue weighted by molar-refractivity contribution is 0.0512. The van der Waals surface area contributed by atoms with Crippen LogP contribution in [-0.2, 0) is 50.4 Å². The highest BCUT2D eigenvalue weighted by Crippen LogP contribution is 2.39. The van der Waals surface area contributed by atoms with Crippen LogP contribution in [0.4, 0.5) is 0 Å². The molecular weight excluding hydrogens is 542 g/mol. The van der Waals surface area contributed by atoms with E-state index in [9.17, 15) is 13.2 Å². The summed E-state index contributed by atoms with van der Waals surface area (Å²) in [5.41, 5.74) is 7.15. The lowest BCUT2D eigenvalue weighted by Crippen LogP contribution is -2.15. The summed E-state index contributed by atoms with van der Waals surface area (Å²) in [5, 5.41) is 5.64. The number of fused-ring (bicyclic) bond motifs is 2. The molecule has 0 radical (unpaired) electrons. The van der Waals surface area contributed by atoms with Crippen molar-refractivity contribution in [2.45, 2.75) is 64.5 Å². The first-order chi connectivity index (χ1) is 19.7. The first kappa shape index (κ1) is 29.0. The number of hydrogen-bond acceptors (Lipinski definition) is 7. The monoisotopic (exact) mass is 579 g/mol. The van der Waals surface area contributed by atoms with Crippen LogP contribution in [0.15, 0.2) is 47.4 Å². The van der Waals surface area contributed by atoms with Gasteiger partial charge in [0, 0.05) is 36.7 Å². The molecule has 3 heterocycles. The minimum atomic E-state index is -3.88. The van der Waals surface area contributed by atoms with Crippen molar-refractivity contribution in [3.8, 4) is 11.1 Å². The molecule has 0 atom stereocenters. The predicted molar refractivity (Wildman–Crippen MR) is 156 cm³/mol. The predicted octanol–water partition coefficient (Wildman–Crippen LogP) is 5.48. The fourth-order valence-electron chi connectivity index (χ4n) is 5.65. The van der Waals surface area contributed by atoms with Crippen molar-refractivity contribution in [1.29, 1.82) is 0 Å². The molecule has 0 N–H and O–H groups in total. The van der Waals surface area contributed by atoms with E-state index in [-0.39, 0.29) is 24.1 Å². The number of aromatic nitrogens is 3. The average Bonchev–Trinajstić information content (AvgIpc) is 3.39. The quantitative estimate of drug-likeness (QED) is 0.155. The van der Waals surface area contributed by atoms with E-state index in [1.165, 1.54) is 0 Å². The standard InChI is InChI=1S/C31H37N3O6S/c1-5-39-31(35)30-25(12-9-19-40-41(36,37)23-15-13-21(2)14-16-23)24-10-8-11-26-28-22(3)32-33(4)27(28)20-38-18-7-6-17-34(30)29(24)26/h8,10-11,13-16H,5-7,9,12,17-20H2,1-4H3. The number of rotatable bonds is 8. The fraction of sp³-hybridized carbons (Fsp3) is 0.419. The van der Waals surface area contributed by atoms with Gasteiger partial charge in [-0.05, 0) is 64.2 Å². The number of esters is 1. The number of ether oxygens (including phenoxy) is 2. The first-order valence-corrected chi connectivity index (χ1v) is 15.5. The molecule has 1 aliphatic rings. The summed E-state index contributed by atoms with van der Waals surface area (Å²) in [7, 11) is -1.96. The lowest BCUT2D eigenvalue weighted by Gasteiger charge is -2.13. The SMILES string of the molecule is CCOC(=O)c1c(CCCOS(=O)(=O)c2ccc(C)cc2)c2cccc3c2n1CCCCOCc1c-3c(C)nn1C. The van der Waals surface area contributed by atoms with E-state index in [1.54, 1.807) is 31.2 Å². The number of aryl methyl sites for hydroxylation is 5. The molecule has 10 heteroatoms. The van der Waals surface area contributed by atoms with Crippen LogP contribution >= 0.6 is 0 Å². The molecule has 0 spiro atoms. The number of nitrogens with zero attached hydrogens (tertiary/aromatic N) is 3. The molecule has 2 aromatic carbocycles. The minimum Gasteiger partial charge on any atom is -0.461 e. The van der Waals surface area contributed by atoms with Crippen molar-refractivity contribution in [1.82, 2.24) is 14.3 Å². The molecule has 0 unspecified atom stereocenters. The lowest BCUT2D eigenvalue weighted by atomic mass is 9.98. The Morgan fingerprint density at radius 2 is 1.88 bits per heavy atom. The second-order valence-corrected chi connectivity index (χ2v) is 12.0. The molecule has 0 amide bonds. The van der Waals surface area contributed by atoms with Gasteiger partial charge >= 0.3 is 5.97 Å². The first-order valence-electron chi connectivity index (χ1n) is 14.1. The van der Waals surface area contributed by atoms with Gasteiger partial charge in [-0.25, -0.2) is 4.79 Å². The van der Waals surface area contributed by atoms with Gasteiger partial charge < -0.3 is 14.0 Å². The van der Waals surface area contributed by atoms with Crippen LogP contribution in [0.25, 0.3) is 22.0 Å². The van der Waals surface area contributed by atoms with Crippen LogP contribution in [-0.4, -0.2) is 48.6 Å². The molecule has 0 fully saturated rings. The Morgan fingerprint density at radius 3 is 2.63 bits per heavy atom. The van der Waals surface area contributed by atoms with Gasteiger partial charge in [0.25, 0.3) is 10.1 Å². The van der Waals surface area contributed by atoms with Crippen LogP contribution in [0.3, 0.4) is 0 Å². The van der Waals surface area contributed by atoms with Gasteiger partial charge in [-0.1, -0.05) is 35.9 Å². The maximum atomic E-state index is 13.5. The fourth-order valence-corrected chi connectivity index (χ4v) is 6.59. The van der Waals surface area contributed by atoms with Gasteiger partial charge in [0.15, 0.2) is 0 Å². The molecule has 0 bridgehead atoms. The van der Waals surface area contributed by atoms with Crippen LogP contribution in [0.5, 0.6) is 0 Å². The smallest absolute Gasteiger partial charge is 0.355 e. The Morgan fingerprint density at radius 1 is 1.10 bits per heavy atom. The number of benzene rings is 2. The third-order valence-corrected chi connectivity index (χ3v) is 8.87. The zero-order valence-electron chi connectivity index (χ0n) is 24.1. The Hall–Kier alpha value is -3.47. The third-order valence-electron chi connectivity index (χ3n) is 7.54. The zero-order valence-corrected chi connectivity index (χ0v) is 24.9. The number of para-hydroxylation sites is 1. The molecule has 0 saturated heterocycles. The van der Waals surface area contributed by atoms with Crippen LogP contribution in [0.1, 0.15) is 59.2 Å². The van der Waals surface area contributed by atoms with Crippen molar-refractivity contribution in [2.24, 2.45) is 7.05 Å². The maximum absolute atomic E-state index is 13.5. The van der Waals surface area contributed by atoms with Gasteiger partial charge in [0.1, 0.15) is 5.69 Å². The maximum Gasteiger partial charge on any atom is 0.355 e. The van der Waals surface area contributed by atoms with E-state index in [4.69, 9.17) is 18.8 Å². The number of carbonyl (C=O) groups excluding carboxylic acids is 1. The number of carbonyl (C=O) groups is 1. The second kappa shape index (κ2) is 12.2. The summed E-state index contributed by atoms with van der Waals surface area (Å²) in [6, 6.07) is 12.7. The van der Waals surface area contributed by atoms with Gasteiger partial charge in [-0.2, -0.15) is 13.5 Å². The Labute approximate surface area is 241 Å². The van der Waals surface area contributed by atoms with Crippen molar-refractivity contribution in [3.63, 3.8) is 0 Å². The summed E-state index contributed by atoms with van der Waals surface area (Å²) in [4.78, 5) is 13.6. The summed E-state index contributed by atoms with van der Waals surface area (Å²) in [6.07, 6.45) is 2.53. The molecular formula is C31H37N3O6S. The van der Waals surface area contributed by atoms with Gasteiger partial charge in [0.05, 0.1) is 41.6 Å². The van der Waals surface area contributed by atoms with E-state index in [1.807, 2.05) is 37.7 Å². The zero-order chi connectivity index (χ0) is 29.1. The summed E-state index contributed by atoms with van der Waals surface area (Å²) >= 11 is 0. The van der Waals surface area contributed by atoms with Crippen molar-refractivity contribution in [3.05, 3.63) is 70.7 Å². The molecule has 1 aliphatic heterocycles. The Balaban J connectivity index is 1.56. The molecule has 41 heavy (non-hydrogen) atoms. The summed E-state index contributed by atoms with van der Waals surface area (Å²) in [5.74, 6) is -0.382. The van der Waals surface area contributed by atoms with Crippen LogP contribution < -0.4 is 0 Å². The molecule has 2 aromatic heterocycles. The van der Waals surface area contributed by atoms with Gasteiger partial charge in [0.2, 0.25) is 0 Å². The highest BCUT2D eigenvalue weighted by Gasteiger charge is 2.28. The minimum absolute atomic E-state index is 0.00591. The molecule has 218 valence electrons. The van der Waals surface area contributed by atoms with Crippen molar-refractivity contribution >= 4 is 27.0 Å². The number of hydrogen-bond donors (Lipinski definition) is 0. The molecule has 0 saturated carbocycles. The van der Waals surface area contributed by atoms with Crippen LogP contribution in [0.2, 0.25) is 0 Å². The summed E-state index contributed by atoms with van der Waals surface area (Å²) < 4.78 is 46.4. The van der Waals surface area contributed by atoms with E-state index in [0.29, 0.717) is 38.3 Å². The summed E-state index contributed by atoms with van der Waals surface area (Å²) in [6.45, 7) is 7.62. The van der Waals surface area contributed by atoms with E-state index in [2.05, 4.69) is 10.6 Å². The molecule has 9 nitrogen and oxygen atoms in total. The molecule has 0 aliphatic carbocycles. The molecule has 5 rings (SSSR count).